The van der Waals surface area contributed by atoms with E-state index in [4.69, 9.17) is 4.74 Å². The minimum atomic E-state index is -4.53. The number of nitrogens with zero attached hydrogens (tertiary/aromatic N) is 2. The first-order valence-corrected chi connectivity index (χ1v) is 10.3. The van der Waals surface area contributed by atoms with Crippen LogP contribution in [-0.2, 0) is 15.8 Å². The highest BCUT2D eigenvalue weighted by Crippen LogP contribution is 2.35. The molecule has 0 saturated heterocycles. The Hall–Kier alpha value is -3.36. The van der Waals surface area contributed by atoms with Crippen molar-refractivity contribution < 1.29 is 27.5 Å². The molecule has 1 aliphatic heterocycles. The highest BCUT2D eigenvalue weighted by molar-refractivity contribution is 6.02. The van der Waals surface area contributed by atoms with Crippen molar-refractivity contribution >= 4 is 17.5 Å². The average Bonchev–Trinajstić information content (AvgIpc) is 3.27. The van der Waals surface area contributed by atoms with Gasteiger partial charge in [0, 0.05) is 19.3 Å². The van der Waals surface area contributed by atoms with Gasteiger partial charge in [0.05, 0.1) is 23.9 Å². The molecule has 0 radical (unpaired) electrons. The number of hydrogen-bond acceptors (Lipinski definition) is 4. The number of amides is 2. The summed E-state index contributed by atoms with van der Waals surface area (Å²) in [7, 11) is 0. The minimum Gasteiger partial charge on any atom is -0.491 e. The van der Waals surface area contributed by atoms with E-state index in [-0.39, 0.29) is 37.0 Å². The second-order valence-electron chi connectivity index (χ2n) is 7.45. The van der Waals surface area contributed by atoms with Crippen LogP contribution in [0.2, 0.25) is 0 Å². The summed E-state index contributed by atoms with van der Waals surface area (Å²) in [6.07, 6.45) is -3.94. The fourth-order valence-corrected chi connectivity index (χ4v) is 3.25. The topological polar surface area (TPSA) is 71.0 Å². The number of rotatable bonds is 8. The van der Waals surface area contributed by atoms with E-state index in [0.717, 1.165) is 17.3 Å². The fraction of sp³-hybridized carbons (Fsp3) is 0.348. The smallest absolute Gasteiger partial charge is 0.419 e. The lowest BCUT2D eigenvalue weighted by Gasteiger charge is -2.18. The Bertz CT molecular complexity index is 977. The lowest BCUT2D eigenvalue weighted by Crippen LogP contribution is -2.37. The van der Waals surface area contributed by atoms with Crippen LogP contribution >= 0.6 is 0 Å². The third-order valence-corrected chi connectivity index (χ3v) is 4.85. The third-order valence-electron chi connectivity index (χ3n) is 4.85. The molecule has 0 spiro atoms. The molecule has 1 heterocycles. The lowest BCUT2D eigenvalue weighted by atomic mass is 10.1. The molecule has 3 rings (SSSR count). The SMILES string of the molecule is CC(COc1ccccc1C(F)(F)F)NC(=O)CCC(=O)N1CCC(c2ccccc2)=N1. The van der Waals surface area contributed by atoms with Crippen LogP contribution in [0, 0.1) is 0 Å². The molecule has 2 aromatic carbocycles. The van der Waals surface area contributed by atoms with Crippen molar-refractivity contribution in [1.29, 1.82) is 0 Å². The number of hydrogen-bond donors (Lipinski definition) is 1. The number of para-hydroxylation sites is 1. The molecule has 1 N–H and O–H groups in total. The van der Waals surface area contributed by atoms with E-state index < -0.39 is 17.8 Å². The minimum absolute atomic E-state index is 0.0120. The second-order valence-corrected chi connectivity index (χ2v) is 7.45. The first-order valence-electron chi connectivity index (χ1n) is 10.3. The second kappa shape index (κ2) is 10.3. The number of nitrogens with one attached hydrogen (secondary N) is 1. The van der Waals surface area contributed by atoms with Gasteiger partial charge in [-0.05, 0) is 24.6 Å². The first-order chi connectivity index (χ1) is 15.2. The monoisotopic (exact) mass is 447 g/mol. The van der Waals surface area contributed by atoms with Crippen LogP contribution in [0.3, 0.4) is 0 Å². The Morgan fingerprint density at radius 3 is 2.50 bits per heavy atom. The average molecular weight is 447 g/mol. The quantitative estimate of drug-likeness (QED) is 0.665. The maximum absolute atomic E-state index is 13.0. The number of halogens is 3. The zero-order chi connectivity index (χ0) is 23.1. The molecule has 6 nitrogen and oxygen atoms in total. The summed E-state index contributed by atoms with van der Waals surface area (Å²) in [6.45, 7) is 1.95. The summed E-state index contributed by atoms with van der Waals surface area (Å²) >= 11 is 0. The van der Waals surface area contributed by atoms with Crippen molar-refractivity contribution in [2.45, 2.75) is 38.4 Å². The highest BCUT2D eigenvalue weighted by atomic mass is 19.4. The molecule has 1 aliphatic rings. The van der Waals surface area contributed by atoms with Crippen LogP contribution in [0.1, 0.15) is 37.3 Å². The van der Waals surface area contributed by atoms with Crippen molar-refractivity contribution in [2.75, 3.05) is 13.2 Å². The molecule has 2 amide bonds. The molecule has 1 atom stereocenters. The van der Waals surface area contributed by atoms with E-state index >= 15 is 0 Å². The summed E-state index contributed by atoms with van der Waals surface area (Å²) in [4.78, 5) is 24.5. The van der Waals surface area contributed by atoms with E-state index in [1.165, 1.54) is 23.2 Å². The van der Waals surface area contributed by atoms with Crippen molar-refractivity contribution in [3.05, 3.63) is 65.7 Å². The Balaban J connectivity index is 1.43. The molecule has 0 bridgehead atoms. The molecule has 0 fully saturated rings. The summed E-state index contributed by atoms with van der Waals surface area (Å²) in [5.41, 5.74) is 0.917. The molecule has 9 heteroatoms. The zero-order valence-electron chi connectivity index (χ0n) is 17.6. The number of benzene rings is 2. The van der Waals surface area contributed by atoms with Gasteiger partial charge in [-0.1, -0.05) is 42.5 Å². The predicted molar refractivity (Wildman–Crippen MR) is 113 cm³/mol. The number of carbonyl (C=O) groups is 2. The number of carbonyl (C=O) groups excluding carboxylic acids is 2. The van der Waals surface area contributed by atoms with Gasteiger partial charge in [0.1, 0.15) is 12.4 Å². The predicted octanol–water partition coefficient (Wildman–Crippen LogP) is 4.01. The Morgan fingerprint density at radius 1 is 1.09 bits per heavy atom. The third kappa shape index (κ3) is 6.32. The van der Waals surface area contributed by atoms with Crippen LogP contribution in [-0.4, -0.2) is 41.7 Å². The first kappa shape index (κ1) is 23.3. The molecule has 32 heavy (non-hydrogen) atoms. The van der Waals surface area contributed by atoms with E-state index in [0.29, 0.717) is 13.0 Å². The summed E-state index contributed by atoms with van der Waals surface area (Å²) < 4.78 is 44.3. The van der Waals surface area contributed by atoms with Crippen LogP contribution in [0.5, 0.6) is 5.75 Å². The van der Waals surface area contributed by atoms with Gasteiger partial charge in [0.25, 0.3) is 0 Å². The summed E-state index contributed by atoms with van der Waals surface area (Å²) in [5, 5.41) is 8.35. The lowest BCUT2D eigenvalue weighted by molar-refractivity contribution is -0.139. The van der Waals surface area contributed by atoms with Gasteiger partial charge in [-0.15, -0.1) is 0 Å². The van der Waals surface area contributed by atoms with Crippen LogP contribution in [0.4, 0.5) is 13.2 Å². The molecule has 2 aromatic rings. The van der Waals surface area contributed by atoms with Gasteiger partial charge < -0.3 is 10.1 Å². The van der Waals surface area contributed by atoms with Gasteiger partial charge in [0.15, 0.2) is 0 Å². The van der Waals surface area contributed by atoms with Gasteiger partial charge in [-0.25, -0.2) is 5.01 Å². The maximum atomic E-state index is 13.0. The Kier molecular flexibility index (Phi) is 7.50. The number of ether oxygens (including phenoxy) is 1. The molecular formula is C23H24F3N3O3. The van der Waals surface area contributed by atoms with Crippen molar-refractivity contribution in [3.8, 4) is 5.75 Å². The number of alkyl halides is 3. The van der Waals surface area contributed by atoms with Gasteiger partial charge in [-0.3, -0.25) is 9.59 Å². The van der Waals surface area contributed by atoms with Gasteiger partial charge in [0.2, 0.25) is 11.8 Å². The van der Waals surface area contributed by atoms with E-state index in [1.54, 1.807) is 6.92 Å². The summed E-state index contributed by atoms with van der Waals surface area (Å²) in [6, 6.07) is 13.9. The molecule has 1 unspecified atom stereocenters. The van der Waals surface area contributed by atoms with Gasteiger partial charge in [-0.2, -0.15) is 18.3 Å². The molecule has 0 saturated carbocycles. The largest absolute Gasteiger partial charge is 0.491 e. The zero-order valence-corrected chi connectivity index (χ0v) is 17.6. The molecular weight excluding hydrogens is 423 g/mol. The molecule has 0 aliphatic carbocycles. The van der Waals surface area contributed by atoms with Crippen molar-refractivity contribution in [3.63, 3.8) is 0 Å². The number of hydrazone groups is 1. The van der Waals surface area contributed by atoms with E-state index in [1.807, 2.05) is 30.3 Å². The van der Waals surface area contributed by atoms with Gasteiger partial charge >= 0.3 is 6.18 Å². The summed E-state index contributed by atoms with van der Waals surface area (Å²) in [5.74, 6) is -0.934. The maximum Gasteiger partial charge on any atom is 0.419 e. The van der Waals surface area contributed by atoms with Crippen molar-refractivity contribution in [2.24, 2.45) is 5.10 Å². The Morgan fingerprint density at radius 2 is 1.78 bits per heavy atom. The van der Waals surface area contributed by atoms with Crippen LogP contribution in [0.15, 0.2) is 59.7 Å². The fourth-order valence-electron chi connectivity index (χ4n) is 3.25. The Labute approximate surface area is 184 Å². The van der Waals surface area contributed by atoms with Crippen molar-refractivity contribution in [1.82, 2.24) is 10.3 Å². The normalized spacial score (nSPS) is 14.6. The van der Waals surface area contributed by atoms with E-state index in [9.17, 15) is 22.8 Å². The molecule has 170 valence electrons. The molecule has 0 aromatic heterocycles. The standard InChI is InChI=1S/C23H24F3N3O3/c1-16(15-32-20-10-6-5-9-18(20)23(24,25)26)27-21(30)11-12-22(31)29-14-13-19(28-29)17-7-3-2-4-8-17/h2-10,16H,11-15H2,1H3,(H,27,30). The van der Waals surface area contributed by atoms with E-state index in [2.05, 4.69) is 10.4 Å². The highest BCUT2D eigenvalue weighted by Gasteiger charge is 2.34. The van der Waals surface area contributed by atoms with Crippen LogP contribution in [0.25, 0.3) is 0 Å². The van der Waals surface area contributed by atoms with Crippen LogP contribution < -0.4 is 10.1 Å².